The Morgan fingerprint density at radius 1 is 1.08 bits per heavy atom. The van der Waals surface area contributed by atoms with Crippen LogP contribution in [0.4, 0.5) is 0 Å². The van der Waals surface area contributed by atoms with Crippen LogP contribution in [0.3, 0.4) is 0 Å². The summed E-state index contributed by atoms with van der Waals surface area (Å²) in [6, 6.07) is 7.03. The number of nitrogens with one attached hydrogen (secondary N) is 1. The number of rotatable bonds is 9. The zero-order chi connectivity index (χ0) is 18.1. The van der Waals surface area contributed by atoms with Crippen LogP contribution in [0.2, 0.25) is 0 Å². The van der Waals surface area contributed by atoms with Gasteiger partial charge >= 0.3 is 0 Å². The van der Waals surface area contributed by atoms with E-state index in [0.29, 0.717) is 42.6 Å². The maximum Gasteiger partial charge on any atom is 0.251 e. The van der Waals surface area contributed by atoms with Crippen molar-refractivity contribution in [3.05, 3.63) is 47.5 Å². The van der Waals surface area contributed by atoms with Crippen LogP contribution in [-0.4, -0.2) is 29.1 Å². The monoisotopic (exact) mass is 343 g/mol. The number of carbonyl (C=O) groups is 1. The Bertz CT molecular complexity index is 704. The van der Waals surface area contributed by atoms with Crippen LogP contribution in [0.25, 0.3) is 0 Å². The molecule has 0 saturated carbocycles. The highest BCUT2D eigenvalue weighted by molar-refractivity contribution is 5.94. The van der Waals surface area contributed by atoms with E-state index < -0.39 is 0 Å². The van der Waals surface area contributed by atoms with E-state index in [2.05, 4.69) is 15.3 Å². The summed E-state index contributed by atoms with van der Waals surface area (Å²) in [5.74, 6) is 1.76. The average molecular weight is 343 g/mol. The summed E-state index contributed by atoms with van der Waals surface area (Å²) in [5.41, 5.74) is 1.30. The van der Waals surface area contributed by atoms with Gasteiger partial charge in [-0.2, -0.15) is 0 Å². The van der Waals surface area contributed by atoms with E-state index in [-0.39, 0.29) is 5.91 Å². The molecule has 0 aliphatic carbocycles. The average Bonchev–Trinajstić information content (AvgIpc) is 2.63. The highest BCUT2D eigenvalue weighted by Gasteiger charge is 2.12. The van der Waals surface area contributed by atoms with Gasteiger partial charge in [0.05, 0.1) is 25.5 Å². The van der Waals surface area contributed by atoms with E-state index in [1.165, 1.54) is 0 Å². The van der Waals surface area contributed by atoms with Crippen molar-refractivity contribution >= 4 is 5.91 Å². The molecule has 0 saturated heterocycles. The van der Waals surface area contributed by atoms with Crippen molar-refractivity contribution in [1.29, 1.82) is 0 Å². The lowest BCUT2D eigenvalue weighted by atomic mass is 10.2. The van der Waals surface area contributed by atoms with Crippen molar-refractivity contribution in [2.75, 3.05) is 13.2 Å². The Kier molecular flexibility index (Phi) is 7.19. The molecular formula is C19H25N3O3. The fourth-order valence-corrected chi connectivity index (χ4v) is 2.18. The van der Waals surface area contributed by atoms with Crippen LogP contribution in [0.1, 0.15) is 48.6 Å². The van der Waals surface area contributed by atoms with E-state index in [1.54, 1.807) is 30.5 Å². The van der Waals surface area contributed by atoms with Gasteiger partial charge in [-0.05, 0) is 44.0 Å². The first-order valence-corrected chi connectivity index (χ1v) is 8.60. The molecule has 1 amide bonds. The van der Waals surface area contributed by atoms with E-state index in [1.807, 2.05) is 20.8 Å². The topological polar surface area (TPSA) is 73.3 Å². The van der Waals surface area contributed by atoms with Crippen molar-refractivity contribution in [1.82, 2.24) is 15.3 Å². The number of benzene rings is 1. The van der Waals surface area contributed by atoms with Crippen LogP contribution in [0.5, 0.6) is 11.5 Å². The van der Waals surface area contributed by atoms with Gasteiger partial charge in [0.15, 0.2) is 11.5 Å². The summed E-state index contributed by atoms with van der Waals surface area (Å²) in [6.45, 7) is 7.43. The maximum atomic E-state index is 12.4. The number of aromatic nitrogens is 2. The van der Waals surface area contributed by atoms with E-state index >= 15 is 0 Å². The van der Waals surface area contributed by atoms with E-state index in [9.17, 15) is 4.79 Å². The number of nitrogens with zero attached hydrogens (tertiary/aromatic N) is 2. The molecule has 0 unspecified atom stereocenters. The first-order chi connectivity index (χ1) is 12.1. The first-order valence-electron chi connectivity index (χ1n) is 8.60. The largest absolute Gasteiger partial charge is 0.490 e. The third-order valence-electron chi connectivity index (χ3n) is 3.39. The fraction of sp³-hybridized carbons (Fsp3) is 0.421. The standard InChI is InChI=1S/C19H25N3O3/c1-4-10-24-17-7-6-15(12-18(17)25-11-5-2)19(23)21-13-16-8-9-20-14(3)22-16/h6-9,12H,4-5,10-11,13H2,1-3H3,(H,21,23). The van der Waals surface area contributed by atoms with E-state index in [4.69, 9.17) is 9.47 Å². The molecule has 1 N–H and O–H groups in total. The number of amides is 1. The first kappa shape index (κ1) is 18.7. The second-order valence-electron chi connectivity index (χ2n) is 5.64. The van der Waals surface area contributed by atoms with Crippen molar-refractivity contribution in [2.24, 2.45) is 0 Å². The van der Waals surface area contributed by atoms with Crippen molar-refractivity contribution in [2.45, 2.75) is 40.2 Å². The molecule has 134 valence electrons. The molecule has 6 heteroatoms. The van der Waals surface area contributed by atoms with Gasteiger partial charge in [0.25, 0.3) is 5.91 Å². The molecule has 25 heavy (non-hydrogen) atoms. The number of ether oxygens (including phenoxy) is 2. The molecule has 0 fully saturated rings. The summed E-state index contributed by atoms with van der Waals surface area (Å²) in [7, 11) is 0. The molecule has 0 bridgehead atoms. The molecule has 2 aromatic rings. The number of carbonyl (C=O) groups excluding carboxylic acids is 1. The molecule has 1 aromatic heterocycles. The van der Waals surface area contributed by atoms with Gasteiger partial charge in [0.1, 0.15) is 5.82 Å². The lowest BCUT2D eigenvalue weighted by Gasteiger charge is -2.13. The molecule has 2 rings (SSSR count). The highest BCUT2D eigenvalue weighted by Crippen LogP contribution is 2.29. The van der Waals surface area contributed by atoms with Gasteiger partial charge in [0, 0.05) is 11.8 Å². The van der Waals surface area contributed by atoms with Gasteiger partial charge in [-0.15, -0.1) is 0 Å². The predicted molar refractivity (Wildman–Crippen MR) is 96.0 cm³/mol. The molecule has 0 aliphatic heterocycles. The van der Waals surface area contributed by atoms with Gasteiger partial charge in [-0.25, -0.2) is 9.97 Å². The summed E-state index contributed by atoms with van der Waals surface area (Å²) >= 11 is 0. The van der Waals surface area contributed by atoms with Gasteiger partial charge in [-0.3, -0.25) is 4.79 Å². The van der Waals surface area contributed by atoms with Crippen molar-refractivity contribution < 1.29 is 14.3 Å². The van der Waals surface area contributed by atoms with Gasteiger partial charge < -0.3 is 14.8 Å². The fourth-order valence-electron chi connectivity index (χ4n) is 2.18. The lowest BCUT2D eigenvalue weighted by molar-refractivity contribution is 0.0949. The third-order valence-corrected chi connectivity index (χ3v) is 3.39. The molecule has 0 aliphatic rings. The Balaban J connectivity index is 2.07. The second kappa shape index (κ2) is 9.61. The summed E-state index contributed by atoms with van der Waals surface area (Å²) in [4.78, 5) is 20.7. The minimum Gasteiger partial charge on any atom is -0.490 e. The van der Waals surface area contributed by atoms with Gasteiger partial charge in [0.2, 0.25) is 0 Å². The molecule has 0 radical (unpaired) electrons. The molecule has 6 nitrogen and oxygen atoms in total. The van der Waals surface area contributed by atoms with Crippen LogP contribution < -0.4 is 14.8 Å². The quantitative estimate of drug-likeness (QED) is 0.756. The normalized spacial score (nSPS) is 10.4. The molecular weight excluding hydrogens is 318 g/mol. The van der Waals surface area contributed by atoms with Crippen LogP contribution in [0.15, 0.2) is 30.5 Å². The number of hydrogen-bond donors (Lipinski definition) is 1. The smallest absolute Gasteiger partial charge is 0.251 e. The predicted octanol–water partition coefficient (Wildman–Crippen LogP) is 3.29. The van der Waals surface area contributed by atoms with Crippen LogP contribution >= 0.6 is 0 Å². The van der Waals surface area contributed by atoms with E-state index in [0.717, 1.165) is 18.5 Å². The number of aryl methyl sites for hydroxylation is 1. The summed E-state index contributed by atoms with van der Waals surface area (Å²) in [6.07, 6.45) is 3.48. The van der Waals surface area contributed by atoms with Crippen molar-refractivity contribution in [3.8, 4) is 11.5 Å². The Hall–Kier alpha value is -2.63. The minimum absolute atomic E-state index is 0.181. The molecule has 1 heterocycles. The molecule has 0 atom stereocenters. The summed E-state index contributed by atoms with van der Waals surface area (Å²) < 4.78 is 11.4. The summed E-state index contributed by atoms with van der Waals surface area (Å²) in [5, 5.41) is 2.86. The lowest BCUT2D eigenvalue weighted by Crippen LogP contribution is -2.23. The van der Waals surface area contributed by atoms with Gasteiger partial charge in [-0.1, -0.05) is 13.8 Å². The number of hydrogen-bond acceptors (Lipinski definition) is 5. The zero-order valence-electron chi connectivity index (χ0n) is 15.0. The van der Waals surface area contributed by atoms with Crippen LogP contribution in [0, 0.1) is 6.92 Å². The maximum absolute atomic E-state index is 12.4. The molecule has 0 spiro atoms. The van der Waals surface area contributed by atoms with Crippen molar-refractivity contribution in [3.63, 3.8) is 0 Å². The minimum atomic E-state index is -0.181. The second-order valence-corrected chi connectivity index (χ2v) is 5.64. The Labute approximate surface area is 148 Å². The zero-order valence-corrected chi connectivity index (χ0v) is 15.0. The van der Waals surface area contributed by atoms with Crippen LogP contribution in [-0.2, 0) is 6.54 Å². The molecule has 1 aromatic carbocycles. The third kappa shape index (κ3) is 5.74. The highest BCUT2D eigenvalue weighted by atomic mass is 16.5. The SMILES string of the molecule is CCCOc1ccc(C(=O)NCc2ccnc(C)n2)cc1OCCC. The Morgan fingerprint density at radius 2 is 1.80 bits per heavy atom. The Morgan fingerprint density at radius 3 is 2.48 bits per heavy atom.